The molecule has 7 nitrogen and oxygen atoms in total. The molecule has 0 aliphatic carbocycles. The number of esters is 1. The Balaban J connectivity index is 1.90. The quantitative estimate of drug-likeness (QED) is 0.314. The number of carbonyl (C=O) groups is 1. The molecule has 8 heteroatoms. The Morgan fingerprint density at radius 1 is 1.00 bits per heavy atom. The van der Waals surface area contributed by atoms with E-state index in [0.717, 1.165) is 12.8 Å². The van der Waals surface area contributed by atoms with Crippen molar-refractivity contribution < 1.29 is 23.1 Å². The molecule has 0 bridgehead atoms. The first kappa shape index (κ1) is 26.7. The number of pyridine rings is 1. The third-order valence-corrected chi connectivity index (χ3v) is 8.76. The fraction of sp³-hybridized carbons (Fsp3) is 0.379. The van der Waals surface area contributed by atoms with E-state index in [1.807, 2.05) is 13.8 Å². The van der Waals surface area contributed by atoms with Gasteiger partial charge < -0.3 is 9.84 Å². The largest absolute Gasteiger partial charge is 0.512 e. The first-order valence-electron chi connectivity index (χ1n) is 12.9. The van der Waals surface area contributed by atoms with Gasteiger partial charge in [0.25, 0.3) is 10.0 Å². The number of nitrogens with zero attached hydrogens (tertiary/aromatic N) is 2. The second kappa shape index (κ2) is 10.9. The summed E-state index contributed by atoms with van der Waals surface area (Å²) in [5.74, 6) is -0.762. The molecule has 0 spiro atoms. The molecule has 0 saturated heterocycles. The first-order valence-corrected chi connectivity index (χ1v) is 14.3. The lowest BCUT2D eigenvalue weighted by molar-refractivity contribution is -0.161. The summed E-state index contributed by atoms with van der Waals surface area (Å²) < 4.78 is 36.0. The lowest BCUT2D eigenvalue weighted by atomic mass is 9.84. The molecular formula is C29H34N2O5S. The Morgan fingerprint density at radius 3 is 2.30 bits per heavy atom. The number of aromatic nitrogens is 1. The number of para-hydroxylation sites is 2. The van der Waals surface area contributed by atoms with E-state index in [1.54, 1.807) is 67.7 Å². The van der Waals surface area contributed by atoms with Crippen molar-refractivity contribution >= 4 is 32.6 Å². The van der Waals surface area contributed by atoms with Crippen molar-refractivity contribution in [1.82, 2.24) is 4.98 Å². The maximum absolute atomic E-state index is 14.4. The minimum Gasteiger partial charge on any atom is -0.512 e. The van der Waals surface area contributed by atoms with E-state index >= 15 is 0 Å². The normalized spacial score (nSPS) is 16.5. The highest BCUT2D eigenvalue weighted by Crippen LogP contribution is 2.41. The van der Waals surface area contributed by atoms with Crippen molar-refractivity contribution in [3.63, 3.8) is 0 Å². The topological polar surface area (TPSA) is 96.8 Å². The Kier molecular flexibility index (Phi) is 7.87. The molecule has 0 radical (unpaired) electrons. The van der Waals surface area contributed by atoms with Gasteiger partial charge in [0.05, 0.1) is 22.8 Å². The summed E-state index contributed by atoms with van der Waals surface area (Å²) in [6.07, 6.45) is 4.82. The number of hydrogen-bond donors (Lipinski definition) is 1. The molecule has 37 heavy (non-hydrogen) atoms. The molecule has 0 saturated carbocycles. The highest BCUT2D eigenvalue weighted by atomic mass is 32.2. The van der Waals surface area contributed by atoms with Gasteiger partial charge in [-0.3, -0.25) is 9.29 Å². The predicted octanol–water partition coefficient (Wildman–Crippen LogP) is 6.31. The van der Waals surface area contributed by atoms with Crippen LogP contribution in [0.1, 0.15) is 59.3 Å². The molecule has 196 valence electrons. The minimum atomic E-state index is -4.22. The number of sulfonamides is 1. The van der Waals surface area contributed by atoms with Gasteiger partial charge in [0.15, 0.2) is 0 Å². The number of carbonyl (C=O) groups excluding carboxylic acids is 1. The molecule has 1 N–H and O–H groups in total. The molecule has 1 aromatic heterocycles. The number of cyclic esters (lactones) is 1. The first-order chi connectivity index (χ1) is 17.8. The molecule has 4 rings (SSSR count). The van der Waals surface area contributed by atoms with Gasteiger partial charge in [-0.1, -0.05) is 70.0 Å². The summed E-state index contributed by atoms with van der Waals surface area (Å²) in [5.41, 5.74) is -0.0574. The summed E-state index contributed by atoms with van der Waals surface area (Å²) in [6.45, 7) is 5.82. The average molecular weight is 523 g/mol. The fourth-order valence-corrected chi connectivity index (χ4v) is 7.25. The van der Waals surface area contributed by atoms with Crippen LogP contribution in [-0.4, -0.2) is 36.1 Å². The zero-order valence-corrected chi connectivity index (χ0v) is 22.4. The third kappa shape index (κ3) is 5.07. The Labute approximate surface area is 218 Å². The summed E-state index contributed by atoms with van der Waals surface area (Å²) in [7, 11) is -4.22. The van der Waals surface area contributed by atoms with Crippen LogP contribution in [0.2, 0.25) is 0 Å². The van der Waals surface area contributed by atoms with E-state index in [0.29, 0.717) is 29.4 Å². The molecule has 0 amide bonds. The molecule has 2 heterocycles. The number of anilines is 1. The minimum absolute atomic E-state index is 0.00837. The van der Waals surface area contributed by atoms with Gasteiger partial charge in [0.2, 0.25) is 0 Å². The summed E-state index contributed by atoms with van der Waals surface area (Å²) in [4.78, 5) is 17.9. The van der Waals surface area contributed by atoms with E-state index < -0.39 is 27.6 Å². The molecule has 1 unspecified atom stereocenters. The smallest absolute Gasteiger partial charge is 0.340 e. The molecule has 1 aliphatic heterocycles. The monoisotopic (exact) mass is 522 g/mol. The molecule has 1 aliphatic rings. The number of rotatable bonds is 10. The molecule has 3 aromatic rings. The summed E-state index contributed by atoms with van der Waals surface area (Å²) >= 11 is 0. The van der Waals surface area contributed by atoms with Gasteiger partial charge in [0.1, 0.15) is 16.3 Å². The van der Waals surface area contributed by atoms with Crippen LogP contribution in [0.25, 0.3) is 10.9 Å². The van der Waals surface area contributed by atoms with Crippen molar-refractivity contribution in [2.24, 2.45) is 0 Å². The highest BCUT2D eigenvalue weighted by molar-refractivity contribution is 7.93. The van der Waals surface area contributed by atoms with Gasteiger partial charge in [-0.15, -0.1) is 0 Å². The highest BCUT2D eigenvalue weighted by Gasteiger charge is 2.46. The maximum Gasteiger partial charge on any atom is 0.340 e. The van der Waals surface area contributed by atoms with Gasteiger partial charge in [-0.05, 0) is 43.5 Å². The van der Waals surface area contributed by atoms with Crippen LogP contribution < -0.4 is 4.31 Å². The number of aliphatic hydroxyl groups is 1. The number of ether oxygens (including phenoxy) is 1. The van der Waals surface area contributed by atoms with Crippen LogP contribution in [0.5, 0.6) is 0 Å². The number of benzene rings is 2. The second-order valence-electron chi connectivity index (χ2n) is 9.50. The van der Waals surface area contributed by atoms with E-state index in [1.165, 1.54) is 10.4 Å². The van der Waals surface area contributed by atoms with Crippen molar-refractivity contribution in [1.29, 1.82) is 0 Å². The van der Waals surface area contributed by atoms with Gasteiger partial charge >= 0.3 is 5.97 Å². The van der Waals surface area contributed by atoms with Crippen LogP contribution >= 0.6 is 0 Å². The summed E-state index contributed by atoms with van der Waals surface area (Å²) in [6, 6.07) is 16.2. The fourth-order valence-electron chi connectivity index (χ4n) is 5.39. The van der Waals surface area contributed by atoms with E-state index in [2.05, 4.69) is 4.98 Å². The third-order valence-electron chi connectivity index (χ3n) is 6.89. The standard InChI is InChI=1S/C29H34N2O5S/c1-4-17-29(18-5-2)20-24(32)26(28(33)36-29)23(6-3)31(22-14-8-7-9-15-22)37(34,35)25-16-10-12-21-13-11-19-30-27(21)25/h7-16,19,23,32H,4-6,17-18,20H2,1-3H3. The lowest BCUT2D eigenvalue weighted by Gasteiger charge is -2.40. The van der Waals surface area contributed by atoms with Crippen molar-refractivity contribution in [2.45, 2.75) is 75.8 Å². The molecule has 0 fully saturated rings. The second-order valence-corrected chi connectivity index (χ2v) is 11.3. The molecular weight excluding hydrogens is 488 g/mol. The maximum atomic E-state index is 14.4. The Morgan fingerprint density at radius 2 is 1.68 bits per heavy atom. The van der Waals surface area contributed by atoms with Crippen LogP contribution in [0, 0.1) is 0 Å². The average Bonchev–Trinajstić information content (AvgIpc) is 2.88. The van der Waals surface area contributed by atoms with Crippen LogP contribution in [0.4, 0.5) is 5.69 Å². The van der Waals surface area contributed by atoms with Crippen molar-refractivity contribution in [3.05, 3.63) is 78.2 Å². The number of fused-ring (bicyclic) bond motifs is 1. The molecule has 1 atom stereocenters. The number of aliphatic hydroxyl groups excluding tert-OH is 1. The summed E-state index contributed by atoms with van der Waals surface area (Å²) in [5, 5.41) is 12.0. The van der Waals surface area contributed by atoms with Gasteiger partial charge in [0, 0.05) is 18.0 Å². The Hall–Kier alpha value is -3.39. The lowest BCUT2D eigenvalue weighted by Crippen LogP contribution is -2.48. The van der Waals surface area contributed by atoms with Crippen molar-refractivity contribution in [2.75, 3.05) is 4.31 Å². The van der Waals surface area contributed by atoms with Gasteiger partial charge in [-0.25, -0.2) is 13.2 Å². The zero-order chi connectivity index (χ0) is 26.6. The van der Waals surface area contributed by atoms with Crippen LogP contribution in [0.3, 0.4) is 0 Å². The van der Waals surface area contributed by atoms with Crippen LogP contribution in [0.15, 0.2) is 83.1 Å². The molecule has 2 aromatic carbocycles. The predicted molar refractivity (Wildman–Crippen MR) is 145 cm³/mol. The van der Waals surface area contributed by atoms with Gasteiger partial charge in [-0.2, -0.15) is 0 Å². The SMILES string of the molecule is CCCC1(CCC)CC(O)=C(C(CC)N(c2ccccc2)S(=O)(=O)c2cccc3cccnc23)C(=O)O1. The van der Waals surface area contributed by atoms with Crippen LogP contribution in [-0.2, 0) is 19.6 Å². The van der Waals surface area contributed by atoms with E-state index in [-0.39, 0.29) is 29.1 Å². The van der Waals surface area contributed by atoms with E-state index in [4.69, 9.17) is 4.74 Å². The van der Waals surface area contributed by atoms with Crippen molar-refractivity contribution in [3.8, 4) is 0 Å². The van der Waals surface area contributed by atoms with E-state index in [9.17, 15) is 18.3 Å². The number of hydrogen-bond acceptors (Lipinski definition) is 6. The zero-order valence-electron chi connectivity index (χ0n) is 21.6. The Bertz CT molecular complexity index is 1390.